The summed E-state index contributed by atoms with van der Waals surface area (Å²) in [5, 5.41) is 1.70. The van der Waals surface area contributed by atoms with Crippen LogP contribution in [0.15, 0.2) is 47.9 Å². The topological polar surface area (TPSA) is 84.5 Å². The predicted octanol–water partition coefficient (Wildman–Crippen LogP) is 2.78. The van der Waals surface area contributed by atoms with Crippen LogP contribution in [0.4, 0.5) is 13.2 Å². The molecule has 142 valence electrons. The van der Waals surface area contributed by atoms with Crippen molar-refractivity contribution in [2.24, 2.45) is 0 Å². The lowest BCUT2D eigenvalue weighted by Gasteiger charge is -2.06. The Labute approximate surface area is 155 Å². The number of amides is 2. The summed E-state index contributed by atoms with van der Waals surface area (Å²) in [6.45, 7) is -0.638. The number of nitrogens with one attached hydrogen (secondary N) is 2. The molecule has 0 fully saturated rings. The Kier molecular flexibility index (Phi) is 6.72. The van der Waals surface area contributed by atoms with Crippen LogP contribution in [0.25, 0.3) is 6.08 Å². The zero-order chi connectivity index (χ0) is 19.9. The van der Waals surface area contributed by atoms with Crippen molar-refractivity contribution in [2.45, 2.75) is 6.18 Å². The molecule has 2 N–H and O–H groups in total. The van der Waals surface area contributed by atoms with E-state index in [0.29, 0.717) is 10.4 Å². The minimum absolute atomic E-state index is 0.354. The Balaban J connectivity index is 1.74. The van der Waals surface area contributed by atoms with Gasteiger partial charge in [0, 0.05) is 6.08 Å². The fraction of sp³-hybridized carbons (Fsp3) is 0.118. The Morgan fingerprint density at radius 2 is 1.78 bits per heavy atom. The summed E-state index contributed by atoms with van der Waals surface area (Å²) in [5.41, 5.74) is 3.79. The Bertz CT molecular complexity index is 831. The van der Waals surface area contributed by atoms with E-state index in [9.17, 15) is 27.6 Å². The second kappa shape index (κ2) is 8.99. The molecule has 0 atom stereocenters. The number of hydrogen-bond donors (Lipinski definition) is 2. The van der Waals surface area contributed by atoms with Gasteiger partial charge in [0.2, 0.25) is 0 Å². The zero-order valence-corrected chi connectivity index (χ0v) is 14.4. The molecule has 0 aliphatic carbocycles. The average Bonchev–Trinajstić information content (AvgIpc) is 3.17. The smallest absolute Gasteiger partial charge is 0.416 e. The van der Waals surface area contributed by atoms with Gasteiger partial charge < -0.3 is 4.74 Å². The van der Waals surface area contributed by atoms with Gasteiger partial charge in [0.15, 0.2) is 6.61 Å². The van der Waals surface area contributed by atoms with Crippen LogP contribution < -0.4 is 10.9 Å². The number of carbonyl (C=O) groups is 3. The van der Waals surface area contributed by atoms with Crippen molar-refractivity contribution in [3.05, 3.63) is 63.9 Å². The highest BCUT2D eigenvalue weighted by molar-refractivity contribution is 7.12. The third kappa shape index (κ3) is 6.59. The lowest BCUT2D eigenvalue weighted by Crippen LogP contribution is -2.43. The van der Waals surface area contributed by atoms with Gasteiger partial charge in [-0.25, -0.2) is 4.79 Å². The molecule has 10 heteroatoms. The average molecular weight is 398 g/mol. The SMILES string of the molecule is O=C(COC(=O)C=Cc1ccc(C(F)(F)F)cc1)NNC(=O)c1cccs1. The van der Waals surface area contributed by atoms with Crippen LogP contribution in [0.2, 0.25) is 0 Å². The molecule has 0 spiro atoms. The fourth-order valence-electron chi connectivity index (χ4n) is 1.76. The molecular weight excluding hydrogens is 385 g/mol. The molecule has 2 amide bonds. The standard InChI is InChI=1S/C17H13F3N2O4S/c18-17(19,20)12-6-3-11(4-7-12)5-8-15(24)26-10-14(23)21-22-16(25)13-2-1-9-27-13/h1-9H,10H2,(H,21,23)(H,22,25). The van der Waals surface area contributed by atoms with Crippen LogP contribution in [0.5, 0.6) is 0 Å². The molecule has 6 nitrogen and oxygen atoms in total. The van der Waals surface area contributed by atoms with Crippen LogP contribution in [0.1, 0.15) is 20.8 Å². The van der Waals surface area contributed by atoms with Crippen molar-refractivity contribution in [1.29, 1.82) is 0 Å². The number of carbonyl (C=O) groups excluding carboxylic acids is 3. The van der Waals surface area contributed by atoms with Crippen molar-refractivity contribution >= 4 is 35.2 Å². The Morgan fingerprint density at radius 3 is 2.37 bits per heavy atom. The maximum Gasteiger partial charge on any atom is 0.416 e. The molecule has 0 saturated heterocycles. The first-order valence-electron chi connectivity index (χ1n) is 7.40. The van der Waals surface area contributed by atoms with Crippen LogP contribution in [-0.2, 0) is 20.5 Å². The minimum Gasteiger partial charge on any atom is -0.452 e. The molecule has 0 bridgehead atoms. The van der Waals surface area contributed by atoms with E-state index in [1.807, 2.05) is 0 Å². The molecule has 1 aromatic carbocycles. The Hall–Kier alpha value is -3.14. The van der Waals surface area contributed by atoms with Gasteiger partial charge in [0.1, 0.15) is 0 Å². The van der Waals surface area contributed by atoms with Gasteiger partial charge in [-0.05, 0) is 35.2 Å². The second-order valence-corrected chi connectivity index (χ2v) is 5.99. The number of esters is 1. The summed E-state index contributed by atoms with van der Waals surface area (Å²) in [4.78, 5) is 35.0. The van der Waals surface area contributed by atoms with E-state index in [0.717, 1.165) is 18.2 Å². The molecule has 0 aliphatic rings. The third-order valence-electron chi connectivity index (χ3n) is 3.06. The number of benzene rings is 1. The maximum absolute atomic E-state index is 12.4. The first-order chi connectivity index (χ1) is 12.8. The maximum atomic E-state index is 12.4. The van der Waals surface area contributed by atoms with Crippen molar-refractivity contribution in [3.8, 4) is 0 Å². The largest absolute Gasteiger partial charge is 0.452 e. The monoisotopic (exact) mass is 398 g/mol. The summed E-state index contributed by atoms with van der Waals surface area (Å²) in [5.74, 6) is -2.13. The summed E-state index contributed by atoms with van der Waals surface area (Å²) < 4.78 is 42.0. The number of hydrazine groups is 1. The summed E-state index contributed by atoms with van der Waals surface area (Å²) in [6, 6.07) is 7.40. The van der Waals surface area contributed by atoms with E-state index >= 15 is 0 Å². The van der Waals surface area contributed by atoms with Crippen molar-refractivity contribution in [2.75, 3.05) is 6.61 Å². The molecule has 2 aromatic rings. The van der Waals surface area contributed by atoms with Crippen LogP contribution in [0, 0.1) is 0 Å². The number of rotatable bonds is 5. The van der Waals surface area contributed by atoms with E-state index in [4.69, 9.17) is 0 Å². The fourth-order valence-corrected chi connectivity index (χ4v) is 2.38. The summed E-state index contributed by atoms with van der Waals surface area (Å²) in [7, 11) is 0. The van der Waals surface area contributed by atoms with Crippen LogP contribution in [0.3, 0.4) is 0 Å². The van der Waals surface area contributed by atoms with Crippen LogP contribution in [-0.4, -0.2) is 24.4 Å². The van der Waals surface area contributed by atoms with Crippen molar-refractivity contribution in [3.63, 3.8) is 0 Å². The highest BCUT2D eigenvalue weighted by atomic mass is 32.1. The highest BCUT2D eigenvalue weighted by Crippen LogP contribution is 2.29. The molecule has 0 aliphatic heterocycles. The van der Waals surface area contributed by atoms with Gasteiger partial charge in [0.05, 0.1) is 10.4 Å². The summed E-state index contributed by atoms with van der Waals surface area (Å²) >= 11 is 1.19. The van der Waals surface area contributed by atoms with E-state index in [1.54, 1.807) is 17.5 Å². The number of halogens is 3. The molecule has 0 radical (unpaired) electrons. The van der Waals surface area contributed by atoms with Gasteiger partial charge in [-0.1, -0.05) is 18.2 Å². The quantitative estimate of drug-likeness (QED) is 0.461. The number of ether oxygens (including phenoxy) is 1. The third-order valence-corrected chi connectivity index (χ3v) is 3.92. The van der Waals surface area contributed by atoms with Gasteiger partial charge in [-0.15, -0.1) is 11.3 Å². The van der Waals surface area contributed by atoms with Crippen molar-refractivity contribution < 1.29 is 32.3 Å². The van der Waals surface area contributed by atoms with Crippen LogP contribution >= 0.6 is 11.3 Å². The molecule has 1 heterocycles. The van der Waals surface area contributed by atoms with Gasteiger partial charge in [-0.2, -0.15) is 13.2 Å². The lowest BCUT2D eigenvalue weighted by molar-refractivity contribution is -0.144. The highest BCUT2D eigenvalue weighted by Gasteiger charge is 2.29. The van der Waals surface area contributed by atoms with Gasteiger partial charge in [-0.3, -0.25) is 20.4 Å². The number of hydrogen-bond acceptors (Lipinski definition) is 5. The predicted molar refractivity (Wildman–Crippen MR) is 91.4 cm³/mol. The zero-order valence-electron chi connectivity index (χ0n) is 13.6. The first-order valence-corrected chi connectivity index (χ1v) is 8.28. The molecule has 27 heavy (non-hydrogen) atoms. The van der Waals surface area contributed by atoms with Gasteiger partial charge in [0.25, 0.3) is 11.8 Å². The molecular formula is C17H13F3N2O4S. The molecule has 1 aromatic heterocycles. The van der Waals surface area contributed by atoms with E-state index in [1.165, 1.54) is 29.5 Å². The normalized spacial score (nSPS) is 11.2. The van der Waals surface area contributed by atoms with Crippen molar-refractivity contribution in [1.82, 2.24) is 10.9 Å². The Morgan fingerprint density at radius 1 is 1.07 bits per heavy atom. The lowest BCUT2D eigenvalue weighted by atomic mass is 10.1. The number of thiophene rings is 1. The minimum atomic E-state index is -4.44. The van der Waals surface area contributed by atoms with E-state index < -0.39 is 36.1 Å². The van der Waals surface area contributed by atoms with E-state index in [-0.39, 0.29) is 0 Å². The first kappa shape index (κ1) is 20.2. The number of alkyl halides is 3. The molecule has 0 unspecified atom stereocenters. The molecule has 0 saturated carbocycles. The molecule has 2 rings (SSSR count). The van der Waals surface area contributed by atoms with E-state index in [2.05, 4.69) is 15.6 Å². The van der Waals surface area contributed by atoms with Gasteiger partial charge >= 0.3 is 12.1 Å². The summed E-state index contributed by atoms with van der Waals surface area (Å²) in [6.07, 6.45) is -2.22. The second-order valence-electron chi connectivity index (χ2n) is 5.04.